The van der Waals surface area contributed by atoms with Gasteiger partial charge in [-0.25, -0.2) is 5.48 Å². The van der Waals surface area contributed by atoms with Crippen molar-refractivity contribution >= 4 is 35.2 Å². The molecule has 0 unspecified atom stereocenters. The molecule has 1 aromatic carbocycles. The fraction of sp³-hybridized carbons (Fsp3) is 0.125. The van der Waals surface area contributed by atoms with Gasteiger partial charge in [0.1, 0.15) is 0 Å². The molecule has 2 aromatic rings. The molecular formula is C16H14Cl2N2O3. The van der Waals surface area contributed by atoms with Crippen molar-refractivity contribution < 1.29 is 10.0 Å². The van der Waals surface area contributed by atoms with Crippen LogP contribution >= 0.6 is 23.2 Å². The molecule has 0 radical (unpaired) electrons. The largest absolute Gasteiger partial charge is 0.315 e. The molecule has 0 aliphatic rings. The van der Waals surface area contributed by atoms with Crippen molar-refractivity contribution in [1.82, 2.24) is 10.0 Å². The van der Waals surface area contributed by atoms with Gasteiger partial charge in [0, 0.05) is 34.4 Å². The van der Waals surface area contributed by atoms with Crippen LogP contribution in [0, 0.1) is 0 Å². The van der Waals surface area contributed by atoms with Gasteiger partial charge in [0.2, 0.25) is 0 Å². The van der Waals surface area contributed by atoms with Gasteiger partial charge in [-0.05, 0) is 42.3 Å². The highest BCUT2D eigenvalue weighted by atomic mass is 35.5. The molecule has 23 heavy (non-hydrogen) atoms. The van der Waals surface area contributed by atoms with Gasteiger partial charge in [-0.2, -0.15) is 0 Å². The molecule has 1 heterocycles. The highest BCUT2D eigenvalue weighted by Crippen LogP contribution is 2.21. The number of rotatable bonds is 5. The summed E-state index contributed by atoms with van der Waals surface area (Å²) in [5.74, 6) is -0.701. The van der Waals surface area contributed by atoms with E-state index in [1.54, 1.807) is 30.5 Å². The predicted molar refractivity (Wildman–Crippen MR) is 89.8 cm³/mol. The van der Waals surface area contributed by atoms with Crippen molar-refractivity contribution in [3.05, 3.63) is 74.1 Å². The van der Waals surface area contributed by atoms with Crippen molar-refractivity contribution in [2.45, 2.75) is 13.0 Å². The van der Waals surface area contributed by atoms with E-state index in [1.807, 2.05) is 6.07 Å². The molecule has 0 saturated heterocycles. The minimum Gasteiger partial charge on any atom is -0.315 e. The first kappa shape index (κ1) is 17.3. The Balaban J connectivity index is 2.16. The summed E-state index contributed by atoms with van der Waals surface area (Å²) in [6, 6.07) is 8.54. The summed E-state index contributed by atoms with van der Waals surface area (Å²) in [5.41, 5.74) is 2.47. The number of carbonyl (C=O) groups is 1. The molecule has 0 fully saturated rings. The van der Waals surface area contributed by atoms with Crippen LogP contribution in [0.25, 0.3) is 6.08 Å². The summed E-state index contributed by atoms with van der Waals surface area (Å²) in [5, 5.41) is 9.55. The number of halogens is 2. The molecule has 120 valence electrons. The van der Waals surface area contributed by atoms with Crippen LogP contribution in [0.1, 0.15) is 11.1 Å². The molecule has 0 saturated carbocycles. The van der Waals surface area contributed by atoms with Crippen molar-refractivity contribution in [2.24, 2.45) is 0 Å². The molecule has 1 aromatic heterocycles. The first-order valence-corrected chi connectivity index (χ1v) is 7.52. The number of hydroxylamine groups is 1. The third kappa shape index (κ3) is 4.69. The standard InChI is InChI=1S/C16H14Cl2N2O3/c17-13-5-3-11(14(18)10-13)7-9-20-8-1-2-12(16(20)22)4-6-15(21)19-23/h1-6,8,10,23H,7,9H2,(H,19,21)/b6-4+. The van der Waals surface area contributed by atoms with Gasteiger partial charge >= 0.3 is 0 Å². The molecule has 7 heteroatoms. The fourth-order valence-corrected chi connectivity index (χ4v) is 2.53. The highest BCUT2D eigenvalue weighted by molar-refractivity contribution is 6.35. The molecule has 0 bridgehead atoms. The minimum atomic E-state index is -0.701. The number of benzene rings is 1. The Bertz CT molecular complexity index is 800. The molecule has 2 rings (SSSR count). The molecule has 5 nitrogen and oxygen atoms in total. The van der Waals surface area contributed by atoms with Crippen molar-refractivity contribution in [3.63, 3.8) is 0 Å². The van der Waals surface area contributed by atoms with E-state index in [2.05, 4.69) is 0 Å². The number of hydrogen-bond donors (Lipinski definition) is 2. The topological polar surface area (TPSA) is 71.3 Å². The lowest BCUT2D eigenvalue weighted by Gasteiger charge is -2.08. The number of hydrogen-bond acceptors (Lipinski definition) is 3. The van der Waals surface area contributed by atoms with Gasteiger partial charge < -0.3 is 4.57 Å². The number of aromatic nitrogens is 1. The Morgan fingerprint density at radius 2 is 2.09 bits per heavy atom. The molecule has 0 atom stereocenters. The van der Waals surface area contributed by atoms with Crippen LogP contribution in [0.5, 0.6) is 0 Å². The molecular weight excluding hydrogens is 339 g/mol. The number of nitrogens with one attached hydrogen (secondary N) is 1. The molecule has 0 aliphatic heterocycles. The quantitative estimate of drug-likeness (QED) is 0.493. The number of amides is 1. The third-order valence-corrected chi connectivity index (χ3v) is 3.80. The van der Waals surface area contributed by atoms with Crippen LogP contribution in [0.2, 0.25) is 10.0 Å². The Labute approximate surface area is 142 Å². The van der Waals surface area contributed by atoms with Crippen LogP contribution in [0.4, 0.5) is 0 Å². The minimum absolute atomic E-state index is 0.237. The van der Waals surface area contributed by atoms with E-state index < -0.39 is 5.91 Å². The molecule has 0 spiro atoms. The van der Waals surface area contributed by atoms with Crippen LogP contribution in [0.15, 0.2) is 47.4 Å². The van der Waals surface area contributed by atoms with E-state index in [4.69, 9.17) is 28.4 Å². The second-order valence-corrected chi connectivity index (χ2v) is 5.60. The Morgan fingerprint density at radius 1 is 1.30 bits per heavy atom. The van der Waals surface area contributed by atoms with Crippen molar-refractivity contribution in [2.75, 3.05) is 0 Å². The van der Waals surface area contributed by atoms with Gasteiger partial charge in [0.25, 0.3) is 11.5 Å². The highest BCUT2D eigenvalue weighted by Gasteiger charge is 2.05. The van der Waals surface area contributed by atoms with Gasteiger partial charge in [-0.15, -0.1) is 0 Å². The van der Waals surface area contributed by atoms with Crippen molar-refractivity contribution in [1.29, 1.82) is 0 Å². The zero-order valence-corrected chi connectivity index (χ0v) is 13.5. The van der Waals surface area contributed by atoms with E-state index in [0.717, 1.165) is 11.6 Å². The van der Waals surface area contributed by atoms with Gasteiger partial charge in [-0.3, -0.25) is 14.8 Å². The van der Waals surface area contributed by atoms with E-state index in [-0.39, 0.29) is 5.56 Å². The third-order valence-electron chi connectivity index (χ3n) is 3.21. The zero-order chi connectivity index (χ0) is 16.8. The maximum absolute atomic E-state index is 12.3. The summed E-state index contributed by atoms with van der Waals surface area (Å²) in [6.07, 6.45) is 4.66. The van der Waals surface area contributed by atoms with Gasteiger partial charge in [0.15, 0.2) is 0 Å². The number of aryl methyl sites for hydroxylation is 2. The predicted octanol–water partition coefficient (Wildman–Crippen LogP) is 2.92. The fourth-order valence-electron chi connectivity index (χ4n) is 2.03. The van der Waals surface area contributed by atoms with Crippen molar-refractivity contribution in [3.8, 4) is 0 Å². The van der Waals surface area contributed by atoms with Gasteiger partial charge in [0.05, 0.1) is 0 Å². The normalized spacial score (nSPS) is 10.9. The maximum atomic E-state index is 12.3. The lowest BCUT2D eigenvalue weighted by Crippen LogP contribution is -2.22. The van der Waals surface area contributed by atoms with E-state index in [9.17, 15) is 9.59 Å². The van der Waals surface area contributed by atoms with E-state index in [1.165, 1.54) is 16.1 Å². The molecule has 1 amide bonds. The zero-order valence-electron chi connectivity index (χ0n) is 12.0. The number of nitrogens with zero attached hydrogens (tertiary/aromatic N) is 1. The lowest BCUT2D eigenvalue weighted by molar-refractivity contribution is -0.124. The average Bonchev–Trinajstić information content (AvgIpc) is 2.53. The maximum Gasteiger partial charge on any atom is 0.267 e. The molecule has 0 aliphatic carbocycles. The summed E-state index contributed by atoms with van der Waals surface area (Å²) >= 11 is 12.0. The van der Waals surface area contributed by atoms with Crippen LogP contribution in [-0.4, -0.2) is 15.7 Å². The average molecular weight is 353 g/mol. The van der Waals surface area contributed by atoms with Crippen LogP contribution in [-0.2, 0) is 17.8 Å². The van der Waals surface area contributed by atoms with Gasteiger partial charge in [-0.1, -0.05) is 29.3 Å². The first-order chi connectivity index (χ1) is 11.0. The molecule has 2 N–H and O–H groups in total. The second-order valence-electron chi connectivity index (χ2n) is 4.76. The summed E-state index contributed by atoms with van der Waals surface area (Å²) in [6.45, 7) is 0.439. The smallest absolute Gasteiger partial charge is 0.267 e. The lowest BCUT2D eigenvalue weighted by atomic mass is 10.1. The van der Waals surface area contributed by atoms with E-state index >= 15 is 0 Å². The SMILES string of the molecule is O=C(/C=C/c1cccn(CCc2ccc(Cl)cc2Cl)c1=O)NO. The van der Waals surface area contributed by atoms with E-state index in [0.29, 0.717) is 28.6 Å². The Kier molecular flexibility index (Phi) is 5.98. The second kappa shape index (κ2) is 7.97. The first-order valence-electron chi connectivity index (χ1n) is 6.77. The number of carbonyl (C=O) groups excluding carboxylic acids is 1. The monoisotopic (exact) mass is 352 g/mol. The Hall–Kier alpha value is -2.08. The Morgan fingerprint density at radius 3 is 2.78 bits per heavy atom. The van der Waals surface area contributed by atoms with Crippen LogP contribution in [0.3, 0.4) is 0 Å². The van der Waals surface area contributed by atoms with Crippen LogP contribution < -0.4 is 11.0 Å². The number of pyridine rings is 1. The summed E-state index contributed by atoms with van der Waals surface area (Å²) < 4.78 is 1.53. The summed E-state index contributed by atoms with van der Waals surface area (Å²) in [7, 11) is 0. The summed E-state index contributed by atoms with van der Waals surface area (Å²) in [4.78, 5) is 23.3.